The van der Waals surface area contributed by atoms with Crippen molar-refractivity contribution in [2.75, 3.05) is 0 Å². The maximum absolute atomic E-state index is 12.7. The first kappa shape index (κ1) is 17.9. The van der Waals surface area contributed by atoms with E-state index in [-0.39, 0.29) is 11.0 Å². The molecule has 1 aromatic carbocycles. The van der Waals surface area contributed by atoms with E-state index in [9.17, 15) is 8.42 Å². The Hall–Kier alpha value is -1.92. The minimum atomic E-state index is -3.64. The Balaban J connectivity index is 1.73. The molecule has 1 aliphatic rings. The SMILES string of the molecule is CC(C)(NS(=O)(=O)c1ccc(OC2CCCC2)cc1)c1cccnc1. The number of aromatic nitrogens is 1. The van der Waals surface area contributed by atoms with E-state index in [2.05, 4.69) is 9.71 Å². The molecule has 0 atom stereocenters. The molecule has 6 heteroatoms. The fourth-order valence-electron chi connectivity index (χ4n) is 3.08. The molecule has 0 saturated heterocycles. The van der Waals surface area contributed by atoms with Gasteiger partial charge in [-0.3, -0.25) is 4.98 Å². The third-order valence-electron chi connectivity index (χ3n) is 4.51. The van der Waals surface area contributed by atoms with Gasteiger partial charge in [-0.2, -0.15) is 0 Å². The standard InChI is InChI=1S/C19H24N2O3S/c1-19(2,15-6-5-13-20-14-15)21-25(22,23)18-11-9-17(10-12-18)24-16-7-3-4-8-16/h5-6,9-14,16,21H,3-4,7-8H2,1-2H3. The first-order valence-corrected chi connectivity index (χ1v) is 10.1. The van der Waals surface area contributed by atoms with Crippen LogP contribution in [0.25, 0.3) is 0 Å². The van der Waals surface area contributed by atoms with Crippen LogP contribution in [-0.2, 0) is 15.6 Å². The number of ether oxygens (including phenoxy) is 1. The molecule has 3 rings (SSSR count). The minimum Gasteiger partial charge on any atom is -0.490 e. The van der Waals surface area contributed by atoms with Gasteiger partial charge in [0.05, 0.1) is 16.5 Å². The van der Waals surface area contributed by atoms with Crippen LogP contribution in [0.15, 0.2) is 53.7 Å². The molecular weight excluding hydrogens is 336 g/mol. The van der Waals surface area contributed by atoms with Gasteiger partial charge in [0.1, 0.15) is 5.75 Å². The largest absolute Gasteiger partial charge is 0.490 e. The van der Waals surface area contributed by atoms with Crippen LogP contribution in [-0.4, -0.2) is 19.5 Å². The van der Waals surface area contributed by atoms with Crippen molar-refractivity contribution in [2.45, 2.75) is 56.1 Å². The van der Waals surface area contributed by atoms with Crippen LogP contribution >= 0.6 is 0 Å². The molecule has 134 valence electrons. The monoisotopic (exact) mass is 360 g/mol. The summed E-state index contributed by atoms with van der Waals surface area (Å²) in [6, 6.07) is 10.3. The molecular formula is C19H24N2O3S. The van der Waals surface area contributed by atoms with Crippen molar-refractivity contribution < 1.29 is 13.2 Å². The normalized spacial score (nSPS) is 16.1. The number of sulfonamides is 1. The highest BCUT2D eigenvalue weighted by atomic mass is 32.2. The van der Waals surface area contributed by atoms with Crippen LogP contribution in [0.1, 0.15) is 45.1 Å². The van der Waals surface area contributed by atoms with Gasteiger partial charge in [-0.15, -0.1) is 0 Å². The van der Waals surface area contributed by atoms with E-state index in [4.69, 9.17) is 4.74 Å². The van der Waals surface area contributed by atoms with Crippen LogP contribution in [0.3, 0.4) is 0 Å². The Labute approximate surface area is 149 Å². The van der Waals surface area contributed by atoms with Gasteiger partial charge in [-0.1, -0.05) is 6.07 Å². The highest BCUT2D eigenvalue weighted by Gasteiger charge is 2.28. The molecule has 0 bridgehead atoms. The number of rotatable bonds is 6. The van der Waals surface area contributed by atoms with Crippen molar-refractivity contribution in [3.8, 4) is 5.75 Å². The molecule has 1 heterocycles. The number of nitrogens with zero attached hydrogens (tertiary/aromatic N) is 1. The minimum absolute atomic E-state index is 0.225. The Kier molecular flexibility index (Phi) is 5.11. The Bertz CT molecular complexity index is 796. The number of benzene rings is 1. The van der Waals surface area contributed by atoms with E-state index >= 15 is 0 Å². The lowest BCUT2D eigenvalue weighted by atomic mass is 9.98. The molecule has 1 fully saturated rings. The lowest BCUT2D eigenvalue weighted by Gasteiger charge is -2.26. The Morgan fingerprint density at radius 2 is 1.80 bits per heavy atom. The highest BCUT2D eigenvalue weighted by molar-refractivity contribution is 7.89. The fraction of sp³-hybridized carbons (Fsp3) is 0.421. The van der Waals surface area contributed by atoms with E-state index in [1.165, 1.54) is 12.8 Å². The van der Waals surface area contributed by atoms with Gasteiger partial charge in [0.25, 0.3) is 0 Å². The van der Waals surface area contributed by atoms with Crippen molar-refractivity contribution in [3.05, 3.63) is 54.4 Å². The fourth-order valence-corrected chi connectivity index (χ4v) is 4.48. The second kappa shape index (κ2) is 7.14. The van der Waals surface area contributed by atoms with Gasteiger partial charge in [-0.25, -0.2) is 13.1 Å². The zero-order valence-corrected chi connectivity index (χ0v) is 15.4. The summed E-state index contributed by atoms with van der Waals surface area (Å²) in [7, 11) is -3.64. The van der Waals surface area contributed by atoms with Crippen molar-refractivity contribution >= 4 is 10.0 Å². The van der Waals surface area contributed by atoms with Crippen LogP contribution in [0.4, 0.5) is 0 Å². The lowest BCUT2D eigenvalue weighted by Crippen LogP contribution is -2.40. The van der Waals surface area contributed by atoms with Gasteiger partial charge in [0.15, 0.2) is 0 Å². The first-order valence-electron chi connectivity index (χ1n) is 8.58. The molecule has 0 amide bonds. The van der Waals surface area contributed by atoms with E-state index in [0.29, 0.717) is 0 Å². The molecule has 1 aromatic heterocycles. The van der Waals surface area contributed by atoms with Gasteiger partial charge in [0, 0.05) is 12.4 Å². The summed E-state index contributed by atoms with van der Waals surface area (Å²) in [5, 5.41) is 0. The number of nitrogens with one attached hydrogen (secondary N) is 1. The highest BCUT2D eigenvalue weighted by Crippen LogP contribution is 2.26. The Morgan fingerprint density at radius 1 is 1.12 bits per heavy atom. The molecule has 5 nitrogen and oxygen atoms in total. The number of pyridine rings is 1. The van der Waals surface area contributed by atoms with Crippen molar-refractivity contribution in [1.82, 2.24) is 9.71 Å². The zero-order chi connectivity index (χ0) is 17.9. The summed E-state index contributed by atoms with van der Waals surface area (Å²) in [5.41, 5.74) is 0.0475. The average molecular weight is 360 g/mol. The number of hydrogen-bond donors (Lipinski definition) is 1. The second-order valence-corrected chi connectivity index (χ2v) is 8.65. The van der Waals surface area contributed by atoms with Crippen molar-refractivity contribution in [2.24, 2.45) is 0 Å². The first-order chi connectivity index (χ1) is 11.9. The van der Waals surface area contributed by atoms with Gasteiger partial charge < -0.3 is 4.74 Å². The molecule has 1 N–H and O–H groups in total. The summed E-state index contributed by atoms with van der Waals surface area (Å²) in [6.07, 6.45) is 8.12. The molecule has 1 saturated carbocycles. The van der Waals surface area contributed by atoms with E-state index in [1.54, 1.807) is 42.7 Å². The third-order valence-corrected chi connectivity index (χ3v) is 6.18. The van der Waals surface area contributed by atoms with E-state index < -0.39 is 15.6 Å². The van der Waals surface area contributed by atoms with E-state index in [0.717, 1.165) is 24.2 Å². The average Bonchev–Trinajstić information content (AvgIpc) is 3.08. The maximum atomic E-state index is 12.7. The van der Waals surface area contributed by atoms with E-state index in [1.807, 2.05) is 19.9 Å². The molecule has 2 aromatic rings. The van der Waals surface area contributed by atoms with Crippen molar-refractivity contribution in [1.29, 1.82) is 0 Å². The number of hydrogen-bond acceptors (Lipinski definition) is 4. The summed E-state index contributed by atoms with van der Waals surface area (Å²) in [5.74, 6) is 0.720. The topological polar surface area (TPSA) is 68.3 Å². The summed E-state index contributed by atoms with van der Waals surface area (Å²) in [4.78, 5) is 4.29. The van der Waals surface area contributed by atoms with Crippen LogP contribution < -0.4 is 9.46 Å². The van der Waals surface area contributed by atoms with Crippen molar-refractivity contribution in [3.63, 3.8) is 0 Å². The lowest BCUT2D eigenvalue weighted by molar-refractivity contribution is 0.210. The van der Waals surface area contributed by atoms with Crippen LogP contribution in [0.2, 0.25) is 0 Å². The van der Waals surface area contributed by atoms with Crippen LogP contribution in [0.5, 0.6) is 5.75 Å². The molecule has 1 aliphatic carbocycles. The summed E-state index contributed by atoms with van der Waals surface area (Å²) in [6.45, 7) is 3.64. The molecule has 0 unspecified atom stereocenters. The molecule has 0 aliphatic heterocycles. The third kappa shape index (κ3) is 4.38. The quantitative estimate of drug-likeness (QED) is 0.854. The van der Waals surface area contributed by atoms with Crippen LogP contribution in [0, 0.1) is 0 Å². The zero-order valence-electron chi connectivity index (χ0n) is 14.6. The summed E-state index contributed by atoms with van der Waals surface area (Å²) >= 11 is 0. The van der Waals surface area contributed by atoms with Gasteiger partial charge in [-0.05, 0) is 75.4 Å². The molecule has 25 heavy (non-hydrogen) atoms. The predicted octanol–water partition coefficient (Wildman–Crippen LogP) is 3.62. The van der Waals surface area contributed by atoms with Gasteiger partial charge >= 0.3 is 0 Å². The molecule has 0 radical (unpaired) electrons. The summed E-state index contributed by atoms with van der Waals surface area (Å²) < 4.78 is 34.0. The Morgan fingerprint density at radius 3 is 2.40 bits per heavy atom. The second-order valence-electron chi connectivity index (χ2n) is 6.97. The smallest absolute Gasteiger partial charge is 0.241 e. The van der Waals surface area contributed by atoms with Gasteiger partial charge in [0.2, 0.25) is 10.0 Å². The molecule has 0 spiro atoms. The predicted molar refractivity (Wildman–Crippen MR) is 96.9 cm³/mol. The maximum Gasteiger partial charge on any atom is 0.241 e.